The van der Waals surface area contributed by atoms with Crippen molar-refractivity contribution in [1.29, 1.82) is 0 Å². The molecule has 7 nitrogen and oxygen atoms in total. The lowest BCUT2D eigenvalue weighted by Crippen LogP contribution is -2.27. The largest absolute Gasteiger partial charge is 0.489 e. The summed E-state index contributed by atoms with van der Waals surface area (Å²) in [6, 6.07) is 7.86. The monoisotopic (exact) mass is 455 g/mol. The molecule has 0 amide bonds. The molecule has 3 aromatic rings. The first kappa shape index (κ1) is 22.1. The number of rotatable bonds is 8. The quantitative estimate of drug-likeness (QED) is 0.472. The second kappa shape index (κ2) is 9.60. The van der Waals surface area contributed by atoms with Gasteiger partial charge in [0.1, 0.15) is 11.9 Å². The predicted molar refractivity (Wildman–Crippen MR) is 123 cm³/mol. The van der Waals surface area contributed by atoms with Crippen molar-refractivity contribution >= 4 is 28.9 Å². The van der Waals surface area contributed by atoms with Crippen LogP contribution in [0.2, 0.25) is 0 Å². The zero-order valence-corrected chi connectivity index (χ0v) is 19.2. The van der Waals surface area contributed by atoms with Crippen molar-refractivity contribution in [3.63, 3.8) is 0 Å². The highest BCUT2D eigenvalue weighted by atomic mass is 32.1. The van der Waals surface area contributed by atoms with E-state index in [1.807, 2.05) is 50.2 Å². The van der Waals surface area contributed by atoms with Gasteiger partial charge in [-0.25, -0.2) is 9.37 Å². The van der Waals surface area contributed by atoms with Gasteiger partial charge in [-0.1, -0.05) is 19.1 Å². The van der Waals surface area contributed by atoms with Crippen LogP contribution in [0.3, 0.4) is 0 Å². The Morgan fingerprint density at radius 2 is 2.09 bits per heavy atom. The average molecular weight is 456 g/mol. The smallest absolute Gasteiger partial charge is 0.226 e. The average Bonchev–Trinajstić information content (AvgIpc) is 3.47. The number of thiazole rings is 1. The summed E-state index contributed by atoms with van der Waals surface area (Å²) in [5.74, 6) is 1.34. The van der Waals surface area contributed by atoms with E-state index in [4.69, 9.17) is 4.74 Å². The van der Waals surface area contributed by atoms with Gasteiger partial charge in [-0.3, -0.25) is 9.78 Å². The highest BCUT2D eigenvalue weighted by molar-refractivity contribution is 7.11. The van der Waals surface area contributed by atoms with E-state index in [0.29, 0.717) is 36.2 Å². The number of Topliss-reactive ketones (excluding diaryl/α,β-unsaturated/α-hetero) is 1. The molecule has 4 rings (SSSR count). The molecule has 2 aromatic heterocycles. The predicted octanol–water partition coefficient (Wildman–Crippen LogP) is 4.17. The summed E-state index contributed by atoms with van der Waals surface area (Å²) in [7, 11) is 3.65. The van der Waals surface area contributed by atoms with E-state index in [1.165, 1.54) is 17.5 Å². The van der Waals surface area contributed by atoms with Gasteiger partial charge in [-0.15, -0.1) is 11.3 Å². The number of aromatic nitrogens is 3. The maximum absolute atomic E-state index is 14.3. The fraction of sp³-hybridized carbons (Fsp3) is 0.391. The molecule has 168 valence electrons. The van der Waals surface area contributed by atoms with E-state index < -0.39 is 5.82 Å². The molecule has 1 fully saturated rings. The van der Waals surface area contributed by atoms with Crippen LogP contribution in [-0.4, -0.2) is 54.0 Å². The lowest BCUT2D eigenvalue weighted by molar-refractivity contribution is 0.0979. The third kappa shape index (κ3) is 5.04. The van der Waals surface area contributed by atoms with Gasteiger partial charge in [-0.2, -0.15) is 4.98 Å². The van der Waals surface area contributed by atoms with Gasteiger partial charge >= 0.3 is 0 Å². The molecule has 0 bridgehead atoms. The highest BCUT2D eigenvalue weighted by Crippen LogP contribution is 2.28. The normalized spacial score (nSPS) is 16.8. The number of hydrogen-bond donors (Lipinski definition) is 0. The molecule has 9 heteroatoms. The summed E-state index contributed by atoms with van der Waals surface area (Å²) < 4.78 is 20.4. The number of anilines is 2. The summed E-state index contributed by atoms with van der Waals surface area (Å²) in [6.45, 7) is 3.27. The molecule has 1 aromatic carbocycles. The first-order valence-electron chi connectivity index (χ1n) is 10.5. The number of ketones is 1. The molecule has 0 aliphatic carbocycles. The minimum Gasteiger partial charge on any atom is -0.489 e. The van der Waals surface area contributed by atoms with Crippen molar-refractivity contribution in [1.82, 2.24) is 15.0 Å². The van der Waals surface area contributed by atoms with E-state index in [0.717, 1.165) is 17.7 Å². The third-order valence-electron chi connectivity index (χ3n) is 5.51. The molecule has 0 N–H and O–H groups in total. The van der Waals surface area contributed by atoms with Crippen LogP contribution in [-0.2, 0) is 0 Å². The van der Waals surface area contributed by atoms with Crippen LogP contribution in [0.15, 0.2) is 42.2 Å². The number of benzene rings is 1. The van der Waals surface area contributed by atoms with Crippen LogP contribution in [0.5, 0.6) is 5.75 Å². The Balaban J connectivity index is 1.34. The minimum absolute atomic E-state index is 0.0525. The van der Waals surface area contributed by atoms with Crippen LogP contribution >= 0.6 is 11.3 Å². The van der Waals surface area contributed by atoms with Crippen molar-refractivity contribution in [2.24, 2.45) is 0 Å². The zero-order chi connectivity index (χ0) is 22.7. The Morgan fingerprint density at radius 1 is 1.31 bits per heavy atom. The van der Waals surface area contributed by atoms with E-state index in [9.17, 15) is 9.18 Å². The summed E-state index contributed by atoms with van der Waals surface area (Å²) in [4.78, 5) is 29.0. The Bertz CT molecular complexity index is 1060. The fourth-order valence-corrected chi connectivity index (χ4v) is 4.29. The number of ether oxygens (including phenoxy) is 1. The lowest BCUT2D eigenvalue weighted by atomic mass is 9.95. The minimum atomic E-state index is -0.428. The number of hydrogen-bond acceptors (Lipinski definition) is 8. The van der Waals surface area contributed by atoms with Gasteiger partial charge < -0.3 is 14.5 Å². The third-order valence-corrected chi connectivity index (χ3v) is 6.32. The fourth-order valence-electron chi connectivity index (χ4n) is 3.72. The van der Waals surface area contributed by atoms with E-state index in [1.54, 1.807) is 16.6 Å². The standard InChI is InChI=1S/C23H26FN5O2S/c1-15(10-20(30)21-12-25-14-32-21)16-4-6-17(7-5-16)31-18-8-9-29(13-18)22-19(24)11-26-23(27-22)28(2)3/h4-7,11-12,14-15,18H,8-10,13H2,1-3H3/t15-,18-/m1/s1. The molecule has 0 saturated carbocycles. The molecule has 2 atom stereocenters. The lowest BCUT2D eigenvalue weighted by Gasteiger charge is -2.20. The van der Waals surface area contributed by atoms with Crippen LogP contribution in [0, 0.1) is 5.82 Å². The maximum atomic E-state index is 14.3. The summed E-state index contributed by atoms with van der Waals surface area (Å²) in [5, 5.41) is 0. The molecule has 32 heavy (non-hydrogen) atoms. The number of carbonyl (C=O) groups excluding carboxylic acids is 1. The van der Waals surface area contributed by atoms with Gasteiger partial charge in [0.2, 0.25) is 5.95 Å². The Kier molecular flexibility index (Phi) is 6.64. The zero-order valence-electron chi connectivity index (χ0n) is 18.4. The second-order valence-corrected chi connectivity index (χ2v) is 9.06. The van der Waals surface area contributed by atoms with Crippen LogP contribution in [0.1, 0.15) is 40.9 Å². The first-order valence-corrected chi connectivity index (χ1v) is 11.4. The maximum Gasteiger partial charge on any atom is 0.226 e. The summed E-state index contributed by atoms with van der Waals surface area (Å²) in [6.07, 6.45) is 4.01. The Morgan fingerprint density at radius 3 is 2.78 bits per heavy atom. The topological polar surface area (TPSA) is 71.5 Å². The number of carbonyl (C=O) groups is 1. The van der Waals surface area contributed by atoms with Crippen LogP contribution in [0.4, 0.5) is 16.2 Å². The molecule has 1 saturated heterocycles. The Hall–Kier alpha value is -3.07. The number of nitrogens with zero attached hydrogens (tertiary/aromatic N) is 5. The van der Waals surface area contributed by atoms with Gasteiger partial charge in [0.25, 0.3) is 0 Å². The van der Waals surface area contributed by atoms with Crippen molar-refractivity contribution in [3.8, 4) is 5.75 Å². The molecular weight excluding hydrogens is 429 g/mol. The van der Waals surface area contributed by atoms with Crippen molar-refractivity contribution in [2.75, 3.05) is 37.0 Å². The molecule has 1 aliphatic heterocycles. The van der Waals surface area contributed by atoms with Crippen molar-refractivity contribution in [3.05, 3.63) is 58.4 Å². The molecular formula is C23H26FN5O2S. The molecule has 1 aliphatic rings. The van der Waals surface area contributed by atoms with Gasteiger partial charge in [0, 0.05) is 39.7 Å². The molecule has 0 unspecified atom stereocenters. The molecule has 0 radical (unpaired) electrons. The van der Waals surface area contributed by atoms with Crippen LogP contribution < -0.4 is 14.5 Å². The highest BCUT2D eigenvalue weighted by Gasteiger charge is 2.27. The summed E-state index contributed by atoms with van der Waals surface area (Å²) in [5.41, 5.74) is 2.76. The molecule has 0 spiro atoms. The second-order valence-electron chi connectivity index (χ2n) is 8.17. The van der Waals surface area contributed by atoms with E-state index in [-0.39, 0.29) is 17.8 Å². The van der Waals surface area contributed by atoms with Crippen LogP contribution in [0.25, 0.3) is 0 Å². The van der Waals surface area contributed by atoms with Gasteiger partial charge in [-0.05, 0) is 23.6 Å². The Labute approximate surface area is 190 Å². The number of halogens is 1. The summed E-state index contributed by atoms with van der Waals surface area (Å²) >= 11 is 1.37. The van der Waals surface area contributed by atoms with E-state index in [2.05, 4.69) is 15.0 Å². The SMILES string of the molecule is C[C@H](CC(=O)c1cncs1)c1ccc(O[C@@H]2CCN(c3nc(N(C)C)ncc3F)C2)cc1. The van der Waals surface area contributed by atoms with Gasteiger partial charge in [0.15, 0.2) is 17.4 Å². The van der Waals surface area contributed by atoms with Crippen molar-refractivity contribution in [2.45, 2.75) is 31.8 Å². The first-order chi connectivity index (χ1) is 15.4. The van der Waals surface area contributed by atoms with Crippen molar-refractivity contribution < 1.29 is 13.9 Å². The molecule has 3 heterocycles. The van der Waals surface area contributed by atoms with Gasteiger partial charge in [0.05, 0.1) is 23.1 Å². The van der Waals surface area contributed by atoms with E-state index >= 15 is 0 Å².